The lowest BCUT2D eigenvalue weighted by Gasteiger charge is -2.31. The number of nitrogens with one attached hydrogen (secondary N) is 1. The van der Waals surface area contributed by atoms with Gasteiger partial charge in [0.15, 0.2) is 0 Å². The first kappa shape index (κ1) is 25.3. The molecule has 10 nitrogen and oxygen atoms in total. The Morgan fingerprint density at radius 3 is 2.75 bits per heavy atom. The standard InChI is InChI=1S/C30H29N7O3/c1-19-10-11-22-23(7-3-9-26(22)37-17-13-20(2)35-37)27(19)40-28-24(8-4-14-31-28)25-12-15-32-29(34-25)33-21-6-5-16-36(18-21)30(38)39/h3-4,7-15,17,21H,5-6,16,18H2,1-2H3,(H,38,39)(H,32,33,34). The van der Waals surface area contributed by atoms with Gasteiger partial charge >= 0.3 is 6.09 Å². The van der Waals surface area contributed by atoms with Gasteiger partial charge in [0, 0.05) is 48.5 Å². The number of pyridine rings is 1. The molecule has 0 radical (unpaired) electrons. The molecule has 0 aliphatic carbocycles. The molecule has 40 heavy (non-hydrogen) atoms. The molecule has 3 aromatic heterocycles. The Labute approximate surface area is 231 Å². The van der Waals surface area contributed by atoms with Crippen molar-refractivity contribution in [2.24, 2.45) is 0 Å². The topological polar surface area (TPSA) is 118 Å². The van der Waals surface area contributed by atoms with Crippen LogP contribution >= 0.6 is 0 Å². The Balaban J connectivity index is 1.32. The second-order valence-electron chi connectivity index (χ2n) is 9.92. The number of aromatic nitrogens is 5. The highest BCUT2D eigenvalue weighted by Gasteiger charge is 2.24. The number of aryl methyl sites for hydroxylation is 2. The lowest BCUT2D eigenvalue weighted by molar-refractivity contribution is 0.132. The van der Waals surface area contributed by atoms with Crippen LogP contribution in [0.5, 0.6) is 11.6 Å². The van der Waals surface area contributed by atoms with Crippen LogP contribution in [0.3, 0.4) is 0 Å². The largest absolute Gasteiger partial charge is 0.465 e. The molecule has 1 fully saturated rings. The van der Waals surface area contributed by atoms with Crippen molar-refractivity contribution in [2.45, 2.75) is 32.7 Å². The van der Waals surface area contributed by atoms with Crippen LogP contribution in [0.4, 0.5) is 10.7 Å². The molecule has 1 saturated heterocycles. The number of amides is 1. The summed E-state index contributed by atoms with van der Waals surface area (Å²) in [5.41, 5.74) is 4.26. The maximum atomic E-state index is 11.4. The van der Waals surface area contributed by atoms with E-state index >= 15 is 0 Å². The van der Waals surface area contributed by atoms with Gasteiger partial charge in [-0.3, -0.25) is 0 Å². The summed E-state index contributed by atoms with van der Waals surface area (Å²) in [5.74, 6) is 1.58. The van der Waals surface area contributed by atoms with Gasteiger partial charge in [-0.25, -0.2) is 24.4 Å². The summed E-state index contributed by atoms with van der Waals surface area (Å²) in [5, 5.41) is 19.2. The summed E-state index contributed by atoms with van der Waals surface area (Å²) in [6, 6.07) is 17.7. The van der Waals surface area contributed by atoms with Crippen molar-refractivity contribution in [1.29, 1.82) is 0 Å². The molecule has 202 valence electrons. The fourth-order valence-electron chi connectivity index (χ4n) is 5.10. The summed E-state index contributed by atoms with van der Waals surface area (Å²) in [6.45, 7) is 4.92. The molecular formula is C30H29N7O3. The van der Waals surface area contributed by atoms with Gasteiger partial charge in [0.05, 0.1) is 22.6 Å². The number of anilines is 1. The van der Waals surface area contributed by atoms with Gasteiger partial charge in [0.1, 0.15) is 5.75 Å². The van der Waals surface area contributed by atoms with E-state index in [9.17, 15) is 9.90 Å². The zero-order chi connectivity index (χ0) is 27.6. The van der Waals surface area contributed by atoms with E-state index in [0.717, 1.165) is 46.1 Å². The molecule has 10 heteroatoms. The van der Waals surface area contributed by atoms with Crippen LogP contribution in [0.2, 0.25) is 0 Å². The van der Waals surface area contributed by atoms with Gasteiger partial charge in [0.25, 0.3) is 0 Å². The summed E-state index contributed by atoms with van der Waals surface area (Å²) in [6.07, 6.45) is 6.05. The zero-order valence-electron chi connectivity index (χ0n) is 22.3. The van der Waals surface area contributed by atoms with Gasteiger partial charge in [-0.15, -0.1) is 0 Å². The van der Waals surface area contributed by atoms with E-state index in [1.54, 1.807) is 12.4 Å². The van der Waals surface area contributed by atoms with E-state index in [1.165, 1.54) is 4.90 Å². The van der Waals surface area contributed by atoms with Crippen LogP contribution < -0.4 is 10.1 Å². The maximum Gasteiger partial charge on any atom is 0.407 e. The first-order chi connectivity index (χ1) is 19.5. The number of nitrogens with zero attached hydrogens (tertiary/aromatic N) is 6. The number of benzene rings is 2. The number of hydrogen-bond donors (Lipinski definition) is 2. The van der Waals surface area contributed by atoms with Gasteiger partial charge in [0.2, 0.25) is 11.8 Å². The Kier molecular flexibility index (Phi) is 6.73. The summed E-state index contributed by atoms with van der Waals surface area (Å²) < 4.78 is 8.42. The van der Waals surface area contributed by atoms with Crippen molar-refractivity contribution in [3.63, 3.8) is 0 Å². The van der Waals surface area contributed by atoms with E-state index in [4.69, 9.17) is 9.72 Å². The van der Waals surface area contributed by atoms with E-state index in [0.29, 0.717) is 36.4 Å². The van der Waals surface area contributed by atoms with Crippen molar-refractivity contribution in [3.8, 4) is 28.6 Å². The molecular weight excluding hydrogens is 506 g/mol. The highest BCUT2D eigenvalue weighted by atomic mass is 16.5. The van der Waals surface area contributed by atoms with Crippen LogP contribution in [-0.4, -0.2) is 60.0 Å². The lowest BCUT2D eigenvalue weighted by atomic mass is 10.0. The molecule has 0 spiro atoms. The SMILES string of the molecule is Cc1ccn(-c2cccc3c(Oc4ncccc4-c4ccnc(NC5CCCN(C(=O)O)C5)n4)c(C)ccc23)n1. The number of ether oxygens (including phenoxy) is 1. The minimum atomic E-state index is -0.908. The number of carboxylic acid groups (broad SMARTS) is 1. The molecule has 5 aromatic rings. The van der Waals surface area contributed by atoms with Crippen molar-refractivity contribution in [1.82, 2.24) is 29.6 Å². The molecule has 4 heterocycles. The third-order valence-electron chi connectivity index (χ3n) is 7.08. The van der Waals surface area contributed by atoms with Gasteiger partial charge < -0.3 is 20.1 Å². The fourth-order valence-corrected chi connectivity index (χ4v) is 5.10. The Morgan fingerprint density at radius 1 is 1.02 bits per heavy atom. The van der Waals surface area contributed by atoms with Crippen LogP contribution in [0.15, 0.2) is 73.2 Å². The molecule has 1 unspecified atom stereocenters. The quantitative estimate of drug-likeness (QED) is 0.278. The molecule has 6 rings (SSSR count). The summed E-state index contributed by atoms with van der Waals surface area (Å²) in [7, 11) is 0. The minimum Gasteiger partial charge on any atom is -0.465 e. The summed E-state index contributed by atoms with van der Waals surface area (Å²) >= 11 is 0. The molecule has 0 saturated carbocycles. The van der Waals surface area contributed by atoms with Crippen LogP contribution in [0.25, 0.3) is 27.7 Å². The smallest absolute Gasteiger partial charge is 0.407 e. The van der Waals surface area contributed by atoms with Crippen molar-refractivity contribution >= 4 is 22.8 Å². The first-order valence-corrected chi connectivity index (χ1v) is 13.2. The van der Waals surface area contributed by atoms with Crippen LogP contribution in [-0.2, 0) is 0 Å². The second kappa shape index (κ2) is 10.6. The normalized spacial score (nSPS) is 15.2. The third-order valence-corrected chi connectivity index (χ3v) is 7.08. The highest BCUT2D eigenvalue weighted by Crippen LogP contribution is 2.38. The van der Waals surface area contributed by atoms with Gasteiger partial charge in [-0.05, 0) is 62.6 Å². The molecule has 1 aliphatic heterocycles. The van der Waals surface area contributed by atoms with Crippen LogP contribution in [0, 0.1) is 13.8 Å². The second-order valence-corrected chi connectivity index (χ2v) is 9.92. The number of hydrogen-bond acceptors (Lipinski definition) is 7. The molecule has 2 aromatic carbocycles. The first-order valence-electron chi connectivity index (χ1n) is 13.2. The molecule has 1 atom stereocenters. The lowest BCUT2D eigenvalue weighted by Crippen LogP contribution is -2.44. The monoisotopic (exact) mass is 535 g/mol. The predicted octanol–water partition coefficient (Wildman–Crippen LogP) is 5.84. The fraction of sp³-hybridized carbons (Fsp3) is 0.233. The number of fused-ring (bicyclic) bond motifs is 1. The van der Waals surface area contributed by atoms with E-state index in [-0.39, 0.29) is 6.04 Å². The van der Waals surface area contributed by atoms with E-state index in [1.807, 2.05) is 73.3 Å². The van der Waals surface area contributed by atoms with Gasteiger partial charge in [-0.1, -0.05) is 24.3 Å². The van der Waals surface area contributed by atoms with Crippen molar-refractivity contribution < 1.29 is 14.6 Å². The molecule has 1 amide bonds. The third kappa shape index (κ3) is 5.03. The minimum absolute atomic E-state index is 0.0594. The molecule has 0 bridgehead atoms. The number of carbonyl (C=O) groups is 1. The Bertz CT molecular complexity index is 1700. The average molecular weight is 536 g/mol. The molecule has 2 N–H and O–H groups in total. The highest BCUT2D eigenvalue weighted by molar-refractivity contribution is 5.95. The Morgan fingerprint density at radius 2 is 1.93 bits per heavy atom. The summed E-state index contributed by atoms with van der Waals surface area (Å²) in [4.78, 5) is 26.5. The average Bonchev–Trinajstić information content (AvgIpc) is 3.40. The van der Waals surface area contributed by atoms with Crippen LogP contribution in [0.1, 0.15) is 24.1 Å². The van der Waals surface area contributed by atoms with Crippen molar-refractivity contribution in [3.05, 3.63) is 84.4 Å². The predicted molar refractivity (Wildman–Crippen MR) is 152 cm³/mol. The number of piperidine rings is 1. The van der Waals surface area contributed by atoms with Gasteiger partial charge in [-0.2, -0.15) is 5.10 Å². The number of likely N-dealkylation sites (tertiary alicyclic amines) is 1. The van der Waals surface area contributed by atoms with E-state index < -0.39 is 6.09 Å². The van der Waals surface area contributed by atoms with Crippen molar-refractivity contribution in [2.75, 3.05) is 18.4 Å². The maximum absolute atomic E-state index is 11.4. The van der Waals surface area contributed by atoms with E-state index in [2.05, 4.69) is 26.4 Å². The Hall–Kier alpha value is -4.99. The molecule has 1 aliphatic rings. The zero-order valence-corrected chi connectivity index (χ0v) is 22.3. The number of rotatable bonds is 6.